The molecule has 1 saturated heterocycles. The number of ether oxygens (including phenoxy) is 3. The first-order valence-corrected chi connectivity index (χ1v) is 27.9. The van der Waals surface area contributed by atoms with Gasteiger partial charge in [-0.1, -0.05) is 136 Å². The van der Waals surface area contributed by atoms with Gasteiger partial charge in [-0.15, -0.1) is 18.3 Å². The number of hydrogen-bond acceptors (Lipinski definition) is 6. The molecule has 0 aliphatic carbocycles. The molecule has 6 nitrogen and oxygen atoms in total. The zero-order chi connectivity index (χ0) is 43.8. The lowest BCUT2D eigenvalue weighted by Crippen LogP contribution is -2.46. The van der Waals surface area contributed by atoms with Crippen molar-refractivity contribution in [1.82, 2.24) is 0 Å². The van der Waals surface area contributed by atoms with Crippen molar-refractivity contribution in [3.63, 3.8) is 0 Å². The van der Waals surface area contributed by atoms with Gasteiger partial charge in [0.05, 0.1) is 44.2 Å². The van der Waals surface area contributed by atoms with Crippen molar-refractivity contribution in [2.75, 3.05) is 19.8 Å². The van der Waals surface area contributed by atoms with Gasteiger partial charge in [-0.2, -0.15) is 0 Å². The Labute approximate surface area is 359 Å². The molecule has 2 aromatic rings. The molecule has 328 valence electrons. The molecule has 8 heteroatoms. The van der Waals surface area contributed by atoms with Crippen LogP contribution in [0, 0.1) is 36.0 Å². The normalized spacial score (nSPS) is 16.8. The molecule has 1 aliphatic rings. The Morgan fingerprint density at radius 3 is 1.43 bits per heavy atom. The van der Waals surface area contributed by atoms with E-state index in [0.29, 0.717) is 39.0 Å². The third-order valence-electron chi connectivity index (χ3n) is 11.8. The Balaban J connectivity index is 0.000000522. The lowest BCUT2D eigenvalue weighted by Gasteiger charge is -2.40. The lowest BCUT2D eigenvalue weighted by molar-refractivity contribution is 0.0617. The quantitative estimate of drug-likeness (QED) is 0.0585. The monoisotopic (exact) mass is 837 g/mol. The highest BCUT2D eigenvalue weighted by molar-refractivity contribution is 6.74. The zero-order valence-corrected chi connectivity index (χ0v) is 41.3. The smallest absolute Gasteiger partial charge is 0.192 e. The van der Waals surface area contributed by atoms with E-state index in [9.17, 15) is 5.11 Å². The molecule has 1 N–H and O–H groups in total. The van der Waals surface area contributed by atoms with Crippen molar-refractivity contribution in [3.8, 4) is 24.2 Å². The fourth-order valence-electron chi connectivity index (χ4n) is 5.42. The van der Waals surface area contributed by atoms with E-state index >= 15 is 0 Å². The minimum Gasteiger partial charge on any atom is -0.413 e. The van der Waals surface area contributed by atoms with Crippen molar-refractivity contribution < 1.29 is 28.2 Å². The van der Waals surface area contributed by atoms with Crippen LogP contribution in [0.4, 0.5) is 0 Å². The second kappa shape index (κ2) is 27.6. The summed E-state index contributed by atoms with van der Waals surface area (Å²) in [5, 5.41) is 10.1. The van der Waals surface area contributed by atoms with Gasteiger partial charge >= 0.3 is 0 Å². The van der Waals surface area contributed by atoms with E-state index in [0.717, 1.165) is 38.7 Å². The van der Waals surface area contributed by atoms with E-state index < -0.39 is 16.6 Å². The molecule has 0 bridgehead atoms. The second-order valence-corrected chi connectivity index (χ2v) is 28.1. The summed E-state index contributed by atoms with van der Waals surface area (Å²) in [5.41, 5.74) is 2.39. The zero-order valence-electron chi connectivity index (χ0n) is 39.3. The summed E-state index contributed by atoms with van der Waals surface area (Å²) in [4.78, 5) is 0. The predicted octanol–water partition coefficient (Wildman–Crippen LogP) is 12.6. The van der Waals surface area contributed by atoms with Crippen LogP contribution in [-0.4, -0.2) is 66.0 Å². The highest BCUT2D eigenvalue weighted by atomic mass is 28.4. The van der Waals surface area contributed by atoms with E-state index in [1.165, 1.54) is 17.5 Å². The fourth-order valence-corrected chi connectivity index (χ4v) is 8.21. The molecule has 0 aromatic heterocycles. The Bertz CT molecular complexity index is 1440. The van der Waals surface area contributed by atoms with Crippen molar-refractivity contribution in [3.05, 3.63) is 71.8 Å². The summed E-state index contributed by atoms with van der Waals surface area (Å²) in [7, 11) is -3.75. The average molecular weight is 837 g/mol. The minimum atomic E-state index is -1.91. The molecule has 3 rings (SSSR count). The van der Waals surface area contributed by atoms with Gasteiger partial charge in [-0.05, 0) is 85.9 Å². The van der Waals surface area contributed by atoms with Gasteiger partial charge in [-0.25, -0.2) is 0 Å². The number of rotatable bonds is 21. The van der Waals surface area contributed by atoms with Crippen molar-refractivity contribution in [2.24, 2.45) is 11.8 Å². The van der Waals surface area contributed by atoms with Crippen LogP contribution in [0.15, 0.2) is 60.7 Å². The Hall–Kier alpha value is -2.25. The number of epoxide rings is 1. The highest BCUT2D eigenvalue weighted by Gasteiger charge is 2.41. The van der Waals surface area contributed by atoms with Crippen LogP contribution in [0.3, 0.4) is 0 Å². The molecule has 0 radical (unpaired) electrons. The van der Waals surface area contributed by atoms with Crippen LogP contribution >= 0.6 is 0 Å². The molecule has 0 saturated carbocycles. The number of aliphatic hydroxyl groups is 1. The standard InChI is InChI=1S/C25H42O3Si.C21H34O2Si.C4H8O/c1-8-22(16-13-17-23(26)9-2)24(28-29(6,7)25(3,4)5)18-19-27-20-21-14-11-10-12-15-21;1-8-19(9-2)20(23-24(6,7)21(3,4)5)15-16-22-17-18-13-11-10-12-14-18;1-2-4-3-5-4/h10-12,14-15,22-24,26H,8-9,17-20H2,1-7H3;1,10-14,19-20H,9,15-17H2,2-7H3;4H,2-3H2,1H3/t22-,23-,24+;19-,20-;4-/m101/s1. The van der Waals surface area contributed by atoms with Crippen LogP contribution in [0.1, 0.15) is 125 Å². The topological polar surface area (TPSA) is 69.7 Å². The van der Waals surface area contributed by atoms with E-state index in [1.54, 1.807) is 0 Å². The maximum Gasteiger partial charge on any atom is 0.192 e. The summed E-state index contributed by atoms with van der Waals surface area (Å²) < 4.78 is 30.1. The Morgan fingerprint density at radius 1 is 0.707 bits per heavy atom. The largest absolute Gasteiger partial charge is 0.413 e. The van der Waals surface area contributed by atoms with Crippen molar-refractivity contribution in [1.29, 1.82) is 0 Å². The predicted molar refractivity (Wildman–Crippen MR) is 251 cm³/mol. The molecule has 0 amide bonds. The first-order valence-electron chi connectivity index (χ1n) is 22.1. The summed E-state index contributed by atoms with van der Waals surface area (Å²) in [5.74, 6) is 9.84. The summed E-state index contributed by atoms with van der Waals surface area (Å²) in [6, 6.07) is 20.5. The van der Waals surface area contributed by atoms with Gasteiger partial charge in [0.15, 0.2) is 16.6 Å². The molecule has 58 heavy (non-hydrogen) atoms. The first-order chi connectivity index (χ1) is 27.2. The molecule has 0 unspecified atom stereocenters. The Kier molecular flexibility index (Phi) is 25.6. The van der Waals surface area contributed by atoms with Crippen LogP contribution in [0.25, 0.3) is 0 Å². The molecule has 1 aliphatic heterocycles. The Morgan fingerprint density at radius 2 is 1.12 bits per heavy atom. The third kappa shape index (κ3) is 21.8. The molecule has 0 spiro atoms. The van der Waals surface area contributed by atoms with Crippen molar-refractivity contribution in [2.45, 2.75) is 188 Å². The van der Waals surface area contributed by atoms with E-state index in [1.807, 2.05) is 43.3 Å². The van der Waals surface area contributed by atoms with Gasteiger partial charge in [0, 0.05) is 31.5 Å². The van der Waals surface area contributed by atoms with Crippen LogP contribution in [-0.2, 0) is 36.3 Å². The third-order valence-corrected chi connectivity index (χ3v) is 20.8. The summed E-state index contributed by atoms with van der Waals surface area (Å²) in [6.45, 7) is 34.8. The molecule has 6 atom stereocenters. The number of terminal acetylenes is 1. The fraction of sp³-hybridized carbons (Fsp3) is 0.680. The van der Waals surface area contributed by atoms with E-state index in [2.05, 4.69) is 131 Å². The summed E-state index contributed by atoms with van der Waals surface area (Å²) >= 11 is 0. The van der Waals surface area contributed by atoms with Gasteiger partial charge in [0.2, 0.25) is 0 Å². The maximum absolute atomic E-state index is 9.81. The maximum atomic E-state index is 9.81. The van der Waals surface area contributed by atoms with E-state index in [-0.39, 0.29) is 40.2 Å². The average Bonchev–Trinajstić information content (AvgIpc) is 4.02. The van der Waals surface area contributed by atoms with Gasteiger partial charge in [-0.3, -0.25) is 0 Å². The minimum absolute atomic E-state index is 0.0583. The SMILES string of the molecule is C#C[C@@H](CC)[C@H](CCOCc1ccccc1)O[Si](C)(C)C(C)(C)C.CC[C@@H](O)CC#C[C@@H](CC)[C@H](CCOCc1ccccc1)O[Si](C)(C)C(C)(C)C.CC[C@@H]1CO1. The van der Waals surface area contributed by atoms with Gasteiger partial charge < -0.3 is 28.2 Å². The molecular formula is C50H84O6Si2. The first kappa shape index (κ1) is 53.8. The molecule has 1 fully saturated rings. The lowest BCUT2D eigenvalue weighted by atomic mass is 9.97. The van der Waals surface area contributed by atoms with E-state index in [4.69, 9.17) is 29.5 Å². The summed E-state index contributed by atoms with van der Waals surface area (Å²) in [6.07, 6.45) is 12.2. The second-order valence-electron chi connectivity index (χ2n) is 18.6. The molecule has 2 aromatic carbocycles. The number of aliphatic hydroxyl groups excluding tert-OH is 1. The van der Waals surface area contributed by atoms with Crippen LogP contribution < -0.4 is 0 Å². The molecule has 1 heterocycles. The van der Waals surface area contributed by atoms with Crippen molar-refractivity contribution >= 4 is 16.6 Å². The van der Waals surface area contributed by atoms with Crippen LogP contribution in [0.2, 0.25) is 36.3 Å². The number of hydrogen-bond donors (Lipinski definition) is 1. The van der Waals surface area contributed by atoms with Gasteiger partial charge in [0.25, 0.3) is 0 Å². The highest BCUT2D eigenvalue weighted by Crippen LogP contribution is 2.40. The van der Waals surface area contributed by atoms with Crippen LogP contribution in [0.5, 0.6) is 0 Å². The molecular weight excluding hydrogens is 753 g/mol. The van der Waals surface area contributed by atoms with Gasteiger partial charge in [0.1, 0.15) is 0 Å². The number of benzene rings is 2.